The number of halogens is 1. The van der Waals surface area contributed by atoms with Gasteiger partial charge in [0.1, 0.15) is 0 Å². The lowest BCUT2D eigenvalue weighted by atomic mass is 9.99. The van der Waals surface area contributed by atoms with Gasteiger partial charge in [0.05, 0.1) is 3.79 Å². The Bertz CT molecular complexity index is 300. The maximum absolute atomic E-state index is 3.51. The molecule has 2 unspecified atom stereocenters. The summed E-state index contributed by atoms with van der Waals surface area (Å²) in [5.41, 5.74) is 0. The molecular formula is C10H14BrNS2. The highest BCUT2D eigenvalue weighted by molar-refractivity contribution is 9.11. The molecule has 0 bridgehead atoms. The molecule has 1 saturated heterocycles. The normalized spacial score (nSPS) is 27.0. The van der Waals surface area contributed by atoms with Gasteiger partial charge in [0, 0.05) is 16.7 Å². The molecular weight excluding hydrogens is 278 g/mol. The summed E-state index contributed by atoms with van der Waals surface area (Å²) in [5, 5.41) is 3.41. The third-order valence-electron chi connectivity index (χ3n) is 2.66. The lowest BCUT2D eigenvalue weighted by Crippen LogP contribution is -2.33. The summed E-state index contributed by atoms with van der Waals surface area (Å²) in [4.78, 5) is 1.50. The summed E-state index contributed by atoms with van der Waals surface area (Å²) in [7, 11) is 2.08. The second-order valence-corrected chi connectivity index (χ2v) is 7.23. The summed E-state index contributed by atoms with van der Waals surface area (Å²) in [6.45, 7) is 0. The van der Waals surface area contributed by atoms with Gasteiger partial charge < -0.3 is 5.32 Å². The molecule has 1 fully saturated rings. The molecule has 2 atom stereocenters. The Kier molecular flexibility index (Phi) is 3.93. The van der Waals surface area contributed by atoms with Crippen molar-refractivity contribution in [3.8, 4) is 0 Å². The van der Waals surface area contributed by atoms with Crippen molar-refractivity contribution in [2.75, 3.05) is 18.6 Å². The van der Waals surface area contributed by atoms with E-state index in [1.165, 1.54) is 26.6 Å². The van der Waals surface area contributed by atoms with Crippen molar-refractivity contribution in [3.05, 3.63) is 20.8 Å². The van der Waals surface area contributed by atoms with E-state index in [1.807, 2.05) is 11.3 Å². The zero-order valence-electron chi connectivity index (χ0n) is 8.13. The van der Waals surface area contributed by atoms with E-state index >= 15 is 0 Å². The van der Waals surface area contributed by atoms with Crippen LogP contribution >= 0.6 is 39.0 Å². The van der Waals surface area contributed by atoms with E-state index in [4.69, 9.17) is 0 Å². The van der Waals surface area contributed by atoms with Gasteiger partial charge in [-0.25, -0.2) is 0 Å². The molecule has 0 aromatic carbocycles. The Hall–Kier alpha value is 0.490. The van der Waals surface area contributed by atoms with Crippen LogP contribution in [0.5, 0.6) is 0 Å². The number of thiophene rings is 1. The fourth-order valence-corrected chi connectivity index (χ4v) is 4.90. The molecule has 1 aromatic heterocycles. The highest BCUT2D eigenvalue weighted by Crippen LogP contribution is 2.30. The van der Waals surface area contributed by atoms with Crippen molar-refractivity contribution < 1.29 is 0 Å². The minimum absolute atomic E-state index is 0.709. The van der Waals surface area contributed by atoms with E-state index < -0.39 is 0 Å². The smallest absolute Gasteiger partial charge is 0.0701 e. The Labute approximate surface area is 102 Å². The lowest BCUT2D eigenvalue weighted by molar-refractivity contribution is 0.456. The Morgan fingerprint density at radius 2 is 2.36 bits per heavy atom. The third kappa shape index (κ3) is 2.54. The molecule has 1 aliphatic rings. The molecule has 4 heteroatoms. The van der Waals surface area contributed by atoms with Crippen molar-refractivity contribution in [1.82, 2.24) is 5.32 Å². The Morgan fingerprint density at radius 3 is 3.00 bits per heavy atom. The van der Waals surface area contributed by atoms with Crippen molar-refractivity contribution in [2.24, 2.45) is 5.92 Å². The topological polar surface area (TPSA) is 12.0 Å². The van der Waals surface area contributed by atoms with Crippen molar-refractivity contribution >= 4 is 39.0 Å². The summed E-state index contributed by atoms with van der Waals surface area (Å²) >= 11 is 7.45. The van der Waals surface area contributed by atoms with E-state index in [0.29, 0.717) is 6.04 Å². The van der Waals surface area contributed by atoms with Gasteiger partial charge in [-0.05, 0) is 53.2 Å². The highest BCUT2D eigenvalue weighted by Gasteiger charge is 2.26. The second-order valence-electron chi connectivity index (χ2n) is 3.60. The average Bonchev–Trinajstić information content (AvgIpc) is 2.76. The molecule has 1 nitrogen and oxygen atoms in total. The van der Waals surface area contributed by atoms with Crippen LogP contribution < -0.4 is 5.32 Å². The standard InChI is InChI=1S/C10H14BrNS2/c1-12-9-6-13-5-7(9)4-8-2-3-10(11)14-8/h2-3,7,9,12H,4-6H2,1H3. The first-order valence-corrected chi connectivity index (χ1v) is 7.55. The SMILES string of the molecule is CNC1CSCC1Cc1ccc(Br)s1. The van der Waals surface area contributed by atoms with E-state index in [1.54, 1.807) is 0 Å². The van der Waals surface area contributed by atoms with E-state index in [0.717, 1.165) is 5.92 Å². The van der Waals surface area contributed by atoms with Gasteiger partial charge in [-0.3, -0.25) is 0 Å². The number of nitrogens with one attached hydrogen (secondary N) is 1. The maximum atomic E-state index is 3.51. The minimum atomic E-state index is 0.709. The average molecular weight is 292 g/mol. The highest BCUT2D eigenvalue weighted by atomic mass is 79.9. The molecule has 0 aliphatic carbocycles. The zero-order valence-corrected chi connectivity index (χ0v) is 11.3. The molecule has 2 rings (SSSR count). The monoisotopic (exact) mass is 291 g/mol. The summed E-state index contributed by atoms with van der Waals surface area (Å²) in [6, 6.07) is 5.10. The maximum Gasteiger partial charge on any atom is 0.0701 e. The van der Waals surface area contributed by atoms with Crippen molar-refractivity contribution in [1.29, 1.82) is 0 Å². The molecule has 1 N–H and O–H groups in total. The Morgan fingerprint density at radius 1 is 1.50 bits per heavy atom. The minimum Gasteiger partial charge on any atom is -0.316 e. The van der Waals surface area contributed by atoms with Gasteiger partial charge in [-0.15, -0.1) is 11.3 Å². The van der Waals surface area contributed by atoms with Crippen LogP contribution in [0.3, 0.4) is 0 Å². The van der Waals surface area contributed by atoms with Gasteiger partial charge in [-0.1, -0.05) is 0 Å². The predicted octanol–water partition coefficient (Wildman–Crippen LogP) is 3.00. The van der Waals surface area contributed by atoms with Crippen LogP contribution in [-0.4, -0.2) is 24.6 Å². The van der Waals surface area contributed by atoms with Crippen LogP contribution in [0.4, 0.5) is 0 Å². The van der Waals surface area contributed by atoms with E-state index in [-0.39, 0.29) is 0 Å². The molecule has 0 saturated carbocycles. The summed E-state index contributed by atoms with van der Waals surface area (Å²) in [6.07, 6.45) is 1.23. The molecule has 0 radical (unpaired) electrons. The fourth-order valence-electron chi connectivity index (χ4n) is 1.84. The largest absolute Gasteiger partial charge is 0.316 e. The quantitative estimate of drug-likeness (QED) is 0.919. The van der Waals surface area contributed by atoms with Gasteiger partial charge >= 0.3 is 0 Å². The molecule has 14 heavy (non-hydrogen) atoms. The van der Waals surface area contributed by atoms with Crippen LogP contribution in [0.25, 0.3) is 0 Å². The molecule has 0 spiro atoms. The van der Waals surface area contributed by atoms with Gasteiger partial charge in [0.15, 0.2) is 0 Å². The zero-order chi connectivity index (χ0) is 9.97. The van der Waals surface area contributed by atoms with Crippen molar-refractivity contribution in [3.63, 3.8) is 0 Å². The van der Waals surface area contributed by atoms with Gasteiger partial charge in [0.25, 0.3) is 0 Å². The predicted molar refractivity (Wildman–Crippen MR) is 69.4 cm³/mol. The second kappa shape index (κ2) is 5.01. The third-order valence-corrected chi connectivity index (χ3v) is 5.57. The number of hydrogen-bond acceptors (Lipinski definition) is 3. The Balaban J connectivity index is 1.96. The lowest BCUT2D eigenvalue weighted by Gasteiger charge is -2.16. The molecule has 1 aromatic rings. The van der Waals surface area contributed by atoms with Crippen molar-refractivity contribution in [2.45, 2.75) is 12.5 Å². The number of hydrogen-bond donors (Lipinski definition) is 1. The molecule has 1 aliphatic heterocycles. The summed E-state index contributed by atoms with van der Waals surface area (Å²) < 4.78 is 1.25. The fraction of sp³-hybridized carbons (Fsp3) is 0.600. The van der Waals surface area contributed by atoms with E-state index in [2.05, 4.69) is 52.2 Å². The molecule has 78 valence electrons. The number of thioether (sulfide) groups is 1. The first-order valence-electron chi connectivity index (χ1n) is 4.79. The van der Waals surface area contributed by atoms with Crippen LogP contribution in [0.15, 0.2) is 15.9 Å². The van der Waals surface area contributed by atoms with Crippen LogP contribution in [0.1, 0.15) is 4.88 Å². The molecule has 2 heterocycles. The van der Waals surface area contributed by atoms with Crippen LogP contribution in [-0.2, 0) is 6.42 Å². The molecule has 0 amide bonds. The van der Waals surface area contributed by atoms with Gasteiger partial charge in [-0.2, -0.15) is 11.8 Å². The summed E-state index contributed by atoms with van der Waals surface area (Å²) in [5.74, 6) is 3.39. The first-order chi connectivity index (χ1) is 6.79. The van der Waals surface area contributed by atoms with Crippen LogP contribution in [0, 0.1) is 5.92 Å². The van der Waals surface area contributed by atoms with Crippen LogP contribution in [0.2, 0.25) is 0 Å². The first kappa shape index (κ1) is 11.0. The number of rotatable bonds is 3. The van der Waals surface area contributed by atoms with E-state index in [9.17, 15) is 0 Å². The van der Waals surface area contributed by atoms with Gasteiger partial charge in [0.2, 0.25) is 0 Å².